The van der Waals surface area contributed by atoms with Gasteiger partial charge in [-0.05, 0) is 28.5 Å². The van der Waals surface area contributed by atoms with Crippen molar-refractivity contribution in [2.24, 2.45) is 0 Å². The molecule has 0 aliphatic carbocycles. The van der Waals surface area contributed by atoms with Crippen LogP contribution in [0.1, 0.15) is 16.1 Å². The summed E-state index contributed by atoms with van der Waals surface area (Å²) >= 11 is 0. The van der Waals surface area contributed by atoms with Gasteiger partial charge < -0.3 is 9.73 Å². The first kappa shape index (κ1) is 17.2. The minimum Gasteiger partial charge on any atom is -0.459 e. The molecular formula is C19H17N3O4. The molecule has 0 radical (unpaired) electrons. The van der Waals surface area contributed by atoms with Crippen molar-refractivity contribution in [1.29, 1.82) is 0 Å². The highest BCUT2D eigenvalue weighted by Gasteiger charge is 2.11. The number of nitrogens with one attached hydrogen (secondary N) is 3. The van der Waals surface area contributed by atoms with Gasteiger partial charge in [-0.15, -0.1) is 0 Å². The highest BCUT2D eigenvalue weighted by molar-refractivity contribution is 5.94. The predicted molar refractivity (Wildman–Crippen MR) is 95.0 cm³/mol. The summed E-state index contributed by atoms with van der Waals surface area (Å²) in [7, 11) is 0. The Morgan fingerprint density at radius 1 is 0.846 bits per heavy atom. The van der Waals surface area contributed by atoms with E-state index >= 15 is 0 Å². The molecule has 0 saturated carbocycles. The third-order valence-corrected chi connectivity index (χ3v) is 3.74. The Bertz CT molecular complexity index is 930. The maximum atomic E-state index is 12.1. The number of hydrogen-bond acceptors (Lipinski definition) is 4. The van der Waals surface area contributed by atoms with Crippen LogP contribution in [-0.2, 0) is 16.0 Å². The minimum atomic E-state index is -0.578. The Balaban J connectivity index is 1.47. The Morgan fingerprint density at radius 2 is 1.65 bits per heavy atom. The molecule has 0 spiro atoms. The largest absolute Gasteiger partial charge is 0.459 e. The monoisotopic (exact) mass is 351 g/mol. The molecule has 0 bridgehead atoms. The van der Waals surface area contributed by atoms with Gasteiger partial charge >= 0.3 is 5.91 Å². The molecule has 1 heterocycles. The number of benzene rings is 2. The molecule has 132 valence electrons. The lowest BCUT2D eigenvalue weighted by Gasteiger charge is -2.09. The topological polar surface area (TPSA) is 100 Å². The van der Waals surface area contributed by atoms with E-state index < -0.39 is 11.8 Å². The normalized spacial score (nSPS) is 10.3. The standard InChI is InChI=1S/C19H17N3O4/c23-17(11-14-7-3-6-13-5-1-2-8-15(13)14)20-12-18(24)21-22-19(25)16-9-4-10-26-16/h1-10H,11-12H2,(H,20,23)(H,21,24)(H,22,25). The Kier molecular flexibility index (Phi) is 5.28. The smallest absolute Gasteiger partial charge is 0.305 e. The lowest BCUT2D eigenvalue weighted by Crippen LogP contribution is -2.46. The molecular weight excluding hydrogens is 334 g/mol. The molecule has 0 aliphatic rings. The van der Waals surface area contributed by atoms with Crippen LogP contribution in [0.25, 0.3) is 10.8 Å². The van der Waals surface area contributed by atoms with Crippen molar-refractivity contribution in [3.05, 3.63) is 72.2 Å². The number of amides is 3. The zero-order valence-corrected chi connectivity index (χ0v) is 13.8. The van der Waals surface area contributed by atoms with Gasteiger partial charge in [0.25, 0.3) is 5.91 Å². The third-order valence-electron chi connectivity index (χ3n) is 3.74. The molecule has 26 heavy (non-hydrogen) atoms. The van der Waals surface area contributed by atoms with Crippen molar-refractivity contribution in [1.82, 2.24) is 16.2 Å². The number of hydrogen-bond donors (Lipinski definition) is 3. The number of hydrazine groups is 1. The number of furan rings is 1. The minimum absolute atomic E-state index is 0.0743. The van der Waals surface area contributed by atoms with E-state index in [9.17, 15) is 14.4 Å². The second-order valence-corrected chi connectivity index (χ2v) is 5.57. The highest BCUT2D eigenvalue weighted by atomic mass is 16.3. The van der Waals surface area contributed by atoms with Crippen LogP contribution in [0.4, 0.5) is 0 Å². The number of carbonyl (C=O) groups excluding carboxylic acids is 3. The van der Waals surface area contributed by atoms with Gasteiger partial charge in [-0.25, -0.2) is 0 Å². The van der Waals surface area contributed by atoms with Gasteiger partial charge in [-0.1, -0.05) is 42.5 Å². The van der Waals surface area contributed by atoms with Gasteiger partial charge in [0, 0.05) is 0 Å². The van der Waals surface area contributed by atoms with Crippen molar-refractivity contribution in [3.63, 3.8) is 0 Å². The van der Waals surface area contributed by atoms with Crippen LogP contribution in [0.2, 0.25) is 0 Å². The Labute approximate surface area is 149 Å². The van der Waals surface area contributed by atoms with Crippen molar-refractivity contribution in [2.75, 3.05) is 6.54 Å². The summed E-state index contributed by atoms with van der Waals surface area (Å²) in [6.45, 7) is -0.248. The molecule has 3 amide bonds. The summed E-state index contributed by atoms with van der Waals surface area (Å²) in [5, 5.41) is 4.58. The third kappa shape index (κ3) is 4.27. The Morgan fingerprint density at radius 3 is 2.46 bits per heavy atom. The number of rotatable bonds is 5. The van der Waals surface area contributed by atoms with Crippen LogP contribution < -0.4 is 16.2 Å². The molecule has 0 fully saturated rings. The molecule has 0 saturated heterocycles. The van der Waals surface area contributed by atoms with Gasteiger partial charge in [-0.3, -0.25) is 25.2 Å². The predicted octanol–water partition coefficient (Wildman–Crippen LogP) is 1.55. The SMILES string of the molecule is O=C(Cc1cccc2ccccc12)NCC(=O)NNC(=O)c1ccco1. The molecule has 7 nitrogen and oxygen atoms in total. The van der Waals surface area contributed by atoms with E-state index in [4.69, 9.17) is 4.42 Å². The van der Waals surface area contributed by atoms with Crippen molar-refractivity contribution in [3.8, 4) is 0 Å². The van der Waals surface area contributed by atoms with E-state index in [2.05, 4.69) is 16.2 Å². The van der Waals surface area contributed by atoms with Gasteiger partial charge in [-0.2, -0.15) is 0 Å². The maximum absolute atomic E-state index is 12.1. The van der Waals surface area contributed by atoms with Crippen molar-refractivity contribution in [2.45, 2.75) is 6.42 Å². The molecule has 2 aromatic carbocycles. The van der Waals surface area contributed by atoms with E-state index in [1.807, 2.05) is 42.5 Å². The van der Waals surface area contributed by atoms with Crippen LogP contribution >= 0.6 is 0 Å². The summed E-state index contributed by atoms with van der Waals surface area (Å²) < 4.78 is 4.89. The first-order valence-corrected chi connectivity index (χ1v) is 7.99. The number of fused-ring (bicyclic) bond motifs is 1. The van der Waals surface area contributed by atoms with E-state index in [-0.39, 0.29) is 24.6 Å². The van der Waals surface area contributed by atoms with E-state index in [1.54, 1.807) is 6.07 Å². The highest BCUT2D eigenvalue weighted by Crippen LogP contribution is 2.18. The van der Waals surface area contributed by atoms with Crippen LogP contribution in [0.15, 0.2) is 65.3 Å². The molecule has 0 aliphatic heterocycles. The average Bonchev–Trinajstić information content (AvgIpc) is 3.19. The molecule has 3 N–H and O–H groups in total. The zero-order valence-electron chi connectivity index (χ0n) is 13.8. The molecule has 0 atom stereocenters. The fourth-order valence-electron chi connectivity index (χ4n) is 2.50. The first-order valence-electron chi connectivity index (χ1n) is 7.99. The fourth-order valence-corrected chi connectivity index (χ4v) is 2.50. The van der Waals surface area contributed by atoms with Crippen LogP contribution in [0, 0.1) is 0 Å². The summed E-state index contributed by atoms with van der Waals surface area (Å²) in [5.41, 5.74) is 5.29. The maximum Gasteiger partial charge on any atom is 0.305 e. The zero-order chi connectivity index (χ0) is 18.4. The summed E-state index contributed by atoms with van der Waals surface area (Å²) in [6.07, 6.45) is 1.51. The van der Waals surface area contributed by atoms with Crippen LogP contribution in [0.3, 0.4) is 0 Å². The first-order chi connectivity index (χ1) is 12.6. The van der Waals surface area contributed by atoms with Crippen LogP contribution in [0.5, 0.6) is 0 Å². The molecule has 1 aromatic heterocycles. The summed E-state index contributed by atoms with van der Waals surface area (Å²) in [5.74, 6) is -1.33. The molecule has 0 unspecified atom stereocenters. The lowest BCUT2D eigenvalue weighted by atomic mass is 10.0. The van der Waals surface area contributed by atoms with Gasteiger partial charge in [0.1, 0.15) is 0 Å². The van der Waals surface area contributed by atoms with Crippen molar-refractivity contribution < 1.29 is 18.8 Å². The quantitative estimate of drug-likeness (QED) is 0.607. The van der Waals surface area contributed by atoms with E-state index in [0.717, 1.165) is 16.3 Å². The van der Waals surface area contributed by atoms with Gasteiger partial charge in [0.2, 0.25) is 5.91 Å². The summed E-state index contributed by atoms with van der Waals surface area (Å²) in [4.78, 5) is 35.4. The van der Waals surface area contributed by atoms with E-state index in [0.29, 0.717) is 0 Å². The number of carbonyl (C=O) groups is 3. The lowest BCUT2D eigenvalue weighted by molar-refractivity contribution is -0.126. The Hall–Kier alpha value is -3.61. The van der Waals surface area contributed by atoms with Gasteiger partial charge in [0.05, 0.1) is 19.2 Å². The molecule has 3 aromatic rings. The fraction of sp³-hybridized carbons (Fsp3) is 0.105. The molecule has 7 heteroatoms. The molecule has 3 rings (SSSR count). The second-order valence-electron chi connectivity index (χ2n) is 5.57. The average molecular weight is 351 g/mol. The van der Waals surface area contributed by atoms with Crippen LogP contribution in [-0.4, -0.2) is 24.3 Å². The van der Waals surface area contributed by atoms with E-state index in [1.165, 1.54) is 12.3 Å². The summed E-state index contributed by atoms with van der Waals surface area (Å²) in [6, 6.07) is 16.6. The van der Waals surface area contributed by atoms with Crippen molar-refractivity contribution >= 4 is 28.5 Å². The second kappa shape index (κ2) is 7.98. The van der Waals surface area contributed by atoms with Gasteiger partial charge in [0.15, 0.2) is 5.76 Å².